The number of nitrogens with one attached hydrogen (secondary N) is 1. The third-order valence-electron chi connectivity index (χ3n) is 2.49. The fourth-order valence-corrected chi connectivity index (χ4v) is 1.48. The Labute approximate surface area is 110 Å². The Hall–Kier alpha value is -2.76. The zero-order chi connectivity index (χ0) is 13.7. The minimum absolute atomic E-state index is 0.0271. The summed E-state index contributed by atoms with van der Waals surface area (Å²) in [4.78, 5) is 14.2. The summed E-state index contributed by atoms with van der Waals surface area (Å²) in [5.74, 6) is 0. The van der Waals surface area contributed by atoms with Gasteiger partial charge in [0, 0.05) is 30.1 Å². The molecule has 0 unspecified atom stereocenters. The van der Waals surface area contributed by atoms with Gasteiger partial charge in [0.25, 0.3) is 5.69 Å². The van der Waals surface area contributed by atoms with Crippen LogP contribution in [-0.2, 0) is 0 Å². The van der Waals surface area contributed by atoms with Gasteiger partial charge in [0.2, 0.25) is 0 Å². The molecule has 1 heterocycles. The van der Waals surface area contributed by atoms with Crippen LogP contribution in [0.3, 0.4) is 0 Å². The molecular formula is C13H12N4O2. The Bertz CT molecular complexity index is 611. The SMILES string of the molecule is C/C(=N/Nc1cccc([N+](=O)[O-])c1)c1cccnc1. The average molecular weight is 256 g/mol. The fourth-order valence-electron chi connectivity index (χ4n) is 1.48. The molecule has 2 aromatic rings. The van der Waals surface area contributed by atoms with E-state index in [4.69, 9.17) is 0 Å². The smallest absolute Gasteiger partial charge is 0.271 e. The van der Waals surface area contributed by atoms with Crippen LogP contribution in [0, 0.1) is 10.1 Å². The summed E-state index contributed by atoms with van der Waals surface area (Å²) in [6.07, 6.45) is 3.39. The van der Waals surface area contributed by atoms with Gasteiger partial charge in [-0.25, -0.2) is 0 Å². The van der Waals surface area contributed by atoms with Gasteiger partial charge in [-0.05, 0) is 19.1 Å². The van der Waals surface area contributed by atoms with Crippen LogP contribution in [0.25, 0.3) is 0 Å². The summed E-state index contributed by atoms with van der Waals surface area (Å²) >= 11 is 0. The van der Waals surface area contributed by atoms with Gasteiger partial charge < -0.3 is 0 Å². The van der Waals surface area contributed by atoms with Gasteiger partial charge in [-0.15, -0.1) is 0 Å². The second-order valence-electron chi connectivity index (χ2n) is 3.86. The molecule has 1 aromatic carbocycles. The highest BCUT2D eigenvalue weighted by Gasteiger charge is 2.05. The number of aromatic nitrogens is 1. The maximum Gasteiger partial charge on any atom is 0.271 e. The zero-order valence-corrected chi connectivity index (χ0v) is 10.3. The monoisotopic (exact) mass is 256 g/mol. The Balaban J connectivity index is 2.14. The Morgan fingerprint density at radius 1 is 1.37 bits per heavy atom. The van der Waals surface area contributed by atoms with Gasteiger partial charge in [-0.3, -0.25) is 20.5 Å². The predicted octanol–water partition coefficient (Wildman–Crippen LogP) is 2.83. The van der Waals surface area contributed by atoms with Crippen molar-refractivity contribution < 1.29 is 4.92 Å². The van der Waals surface area contributed by atoms with Gasteiger partial charge in [-0.2, -0.15) is 5.10 Å². The molecule has 2 rings (SSSR count). The first-order valence-corrected chi connectivity index (χ1v) is 5.62. The second kappa shape index (κ2) is 5.72. The summed E-state index contributed by atoms with van der Waals surface area (Å²) in [6, 6.07) is 9.90. The predicted molar refractivity (Wildman–Crippen MR) is 73.2 cm³/mol. The van der Waals surface area contributed by atoms with E-state index in [0.717, 1.165) is 11.3 Å². The normalized spacial score (nSPS) is 11.1. The molecule has 0 aliphatic rings. The molecule has 0 aliphatic heterocycles. The lowest BCUT2D eigenvalue weighted by Crippen LogP contribution is -2.00. The number of nitro benzene ring substituents is 1. The molecule has 96 valence electrons. The quantitative estimate of drug-likeness (QED) is 0.518. The highest BCUT2D eigenvalue weighted by Crippen LogP contribution is 2.17. The van der Waals surface area contributed by atoms with E-state index in [1.165, 1.54) is 12.1 Å². The van der Waals surface area contributed by atoms with E-state index in [1.807, 2.05) is 19.1 Å². The van der Waals surface area contributed by atoms with E-state index in [-0.39, 0.29) is 5.69 Å². The molecule has 0 aliphatic carbocycles. The molecule has 0 radical (unpaired) electrons. The molecule has 0 saturated carbocycles. The van der Waals surface area contributed by atoms with Crippen molar-refractivity contribution in [1.29, 1.82) is 0 Å². The lowest BCUT2D eigenvalue weighted by atomic mass is 10.2. The van der Waals surface area contributed by atoms with Crippen LogP contribution in [-0.4, -0.2) is 15.6 Å². The van der Waals surface area contributed by atoms with Crippen LogP contribution >= 0.6 is 0 Å². The van der Waals surface area contributed by atoms with E-state index >= 15 is 0 Å². The first-order valence-electron chi connectivity index (χ1n) is 5.62. The van der Waals surface area contributed by atoms with Crippen molar-refractivity contribution in [2.24, 2.45) is 5.10 Å². The Morgan fingerprint density at radius 2 is 2.21 bits per heavy atom. The molecule has 6 nitrogen and oxygen atoms in total. The summed E-state index contributed by atoms with van der Waals surface area (Å²) in [6.45, 7) is 1.83. The number of hydrogen-bond acceptors (Lipinski definition) is 5. The third kappa shape index (κ3) is 3.35. The zero-order valence-electron chi connectivity index (χ0n) is 10.3. The third-order valence-corrected chi connectivity index (χ3v) is 2.49. The van der Waals surface area contributed by atoms with Gasteiger partial charge in [0.15, 0.2) is 0 Å². The van der Waals surface area contributed by atoms with Crippen LogP contribution in [0.1, 0.15) is 12.5 Å². The van der Waals surface area contributed by atoms with Gasteiger partial charge >= 0.3 is 0 Å². The number of non-ortho nitro benzene ring substituents is 1. The van der Waals surface area contributed by atoms with Crippen LogP contribution in [0.4, 0.5) is 11.4 Å². The van der Waals surface area contributed by atoms with E-state index in [1.54, 1.807) is 24.5 Å². The number of anilines is 1. The van der Waals surface area contributed by atoms with Crippen LogP contribution in [0.5, 0.6) is 0 Å². The van der Waals surface area contributed by atoms with Crippen molar-refractivity contribution in [3.63, 3.8) is 0 Å². The lowest BCUT2D eigenvalue weighted by Gasteiger charge is -2.03. The second-order valence-corrected chi connectivity index (χ2v) is 3.86. The molecule has 1 N–H and O–H groups in total. The molecule has 0 saturated heterocycles. The van der Waals surface area contributed by atoms with E-state index < -0.39 is 4.92 Å². The molecule has 0 atom stereocenters. The molecule has 19 heavy (non-hydrogen) atoms. The van der Waals surface area contributed by atoms with Crippen molar-refractivity contribution in [3.05, 3.63) is 64.5 Å². The summed E-state index contributed by atoms with van der Waals surface area (Å²) in [5, 5.41) is 14.8. The molecule has 1 aromatic heterocycles. The lowest BCUT2D eigenvalue weighted by molar-refractivity contribution is -0.384. The van der Waals surface area contributed by atoms with Crippen molar-refractivity contribution in [3.8, 4) is 0 Å². The molecule has 0 amide bonds. The number of nitro groups is 1. The van der Waals surface area contributed by atoms with Crippen LogP contribution in [0.15, 0.2) is 53.9 Å². The largest absolute Gasteiger partial charge is 0.278 e. The van der Waals surface area contributed by atoms with Crippen LogP contribution in [0.2, 0.25) is 0 Å². The summed E-state index contributed by atoms with van der Waals surface area (Å²) in [7, 11) is 0. The first kappa shape index (κ1) is 12.7. The van der Waals surface area contributed by atoms with E-state index in [9.17, 15) is 10.1 Å². The maximum atomic E-state index is 10.6. The van der Waals surface area contributed by atoms with Crippen molar-refractivity contribution in [2.45, 2.75) is 6.92 Å². The molecule has 0 fully saturated rings. The number of rotatable bonds is 4. The Morgan fingerprint density at radius 3 is 2.89 bits per heavy atom. The number of nitrogens with zero attached hydrogens (tertiary/aromatic N) is 3. The molecular weight excluding hydrogens is 244 g/mol. The Kier molecular flexibility index (Phi) is 3.82. The number of benzene rings is 1. The number of hydrogen-bond donors (Lipinski definition) is 1. The van der Waals surface area contributed by atoms with Crippen molar-refractivity contribution >= 4 is 17.1 Å². The number of hydrazone groups is 1. The summed E-state index contributed by atoms with van der Waals surface area (Å²) < 4.78 is 0. The van der Waals surface area contributed by atoms with E-state index in [2.05, 4.69) is 15.5 Å². The standard InChI is InChI=1S/C13H12N4O2/c1-10(11-4-3-7-14-9-11)15-16-12-5-2-6-13(8-12)17(18)19/h2-9,16H,1H3/b15-10-. The first-order chi connectivity index (χ1) is 9.16. The van der Waals surface area contributed by atoms with Crippen molar-refractivity contribution in [1.82, 2.24) is 4.98 Å². The molecule has 0 spiro atoms. The van der Waals surface area contributed by atoms with Crippen LogP contribution < -0.4 is 5.43 Å². The number of pyridine rings is 1. The maximum absolute atomic E-state index is 10.6. The molecule has 0 bridgehead atoms. The minimum Gasteiger partial charge on any atom is -0.278 e. The average Bonchev–Trinajstić information content (AvgIpc) is 2.46. The van der Waals surface area contributed by atoms with Crippen molar-refractivity contribution in [2.75, 3.05) is 5.43 Å². The fraction of sp³-hybridized carbons (Fsp3) is 0.0769. The molecule has 6 heteroatoms. The van der Waals surface area contributed by atoms with Gasteiger partial charge in [0.1, 0.15) is 0 Å². The highest BCUT2D eigenvalue weighted by molar-refractivity contribution is 5.98. The topological polar surface area (TPSA) is 80.4 Å². The van der Waals surface area contributed by atoms with Gasteiger partial charge in [-0.1, -0.05) is 12.1 Å². The minimum atomic E-state index is -0.442. The van der Waals surface area contributed by atoms with Gasteiger partial charge in [0.05, 0.1) is 16.3 Å². The highest BCUT2D eigenvalue weighted by atomic mass is 16.6. The van der Waals surface area contributed by atoms with E-state index in [0.29, 0.717) is 5.69 Å². The summed E-state index contributed by atoms with van der Waals surface area (Å²) in [5.41, 5.74) is 5.03.